The summed E-state index contributed by atoms with van der Waals surface area (Å²) in [6.45, 7) is 4.34. The van der Waals surface area contributed by atoms with E-state index in [0.29, 0.717) is 30.3 Å². The number of aromatic nitrogens is 1. The van der Waals surface area contributed by atoms with Gasteiger partial charge in [0, 0.05) is 24.8 Å². The van der Waals surface area contributed by atoms with Gasteiger partial charge in [-0.2, -0.15) is 0 Å². The largest absolute Gasteiger partial charge is 0.466 e. The number of halogens is 1. The Morgan fingerprint density at radius 3 is 2.65 bits per heavy atom. The second-order valence-electron chi connectivity index (χ2n) is 4.31. The fraction of sp³-hybridized carbons (Fsp3) is 0.500. The van der Waals surface area contributed by atoms with Gasteiger partial charge in [-0.25, -0.2) is 4.98 Å². The van der Waals surface area contributed by atoms with Crippen LogP contribution in [0.1, 0.15) is 36.3 Å². The van der Waals surface area contributed by atoms with Gasteiger partial charge in [-0.3, -0.25) is 9.59 Å². The molecular weight excluding hydrogens is 280 g/mol. The number of rotatable bonds is 6. The third-order valence-corrected chi connectivity index (χ3v) is 2.95. The molecule has 0 spiro atoms. The summed E-state index contributed by atoms with van der Waals surface area (Å²) in [5.74, 6) is -0.498. The second kappa shape index (κ2) is 7.85. The lowest BCUT2D eigenvalue weighted by Gasteiger charge is -2.17. The molecule has 0 radical (unpaired) electrons. The van der Waals surface area contributed by atoms with Crippen LogP contribution in [0.3, 0.4) is 0 Å². The number of amides is 1. The minimum Gasteiger partial charge on any atom is -0.466 e. The molecule has 0 aromatic carbocycles. The van der Waals surface area contributed by atoms with Crippen LogP contribution < -0.4 is 0 Å². The molecule has 6 heteroatoms. The Morgan fingerprint density at radius 2 is 2.05 bits per heavy atom. The van der Waals surface area contributed by atoms with E-state index in [0.717, 1.165) is 5.69 Å². The fourth-order valence-electron chi connectivity index (χ4n) is 1.67. The molecule has 0 aliphatic rings. The van der Waals surface area contributed by atoms with Crippen molar-refractivity contribution in [1.29, 1.82) is 0 Å². The third kappa shape index (κ3) is 4.81. The zero-order valence-corrected chi connectivity index (χ0v) is 12.7. The van der Waals surface area contributed by atoms with Gasteiger partial charge in [-0.1, -0.05) is 18.5 Å². The highest BCUT2D eigenvalue weighted by Gasteiger charge is 2.15. The number of nitrogens with zero attached hydrogens (tertiary/aromatic N) is 2. The molecule has 0 aliphatic heterocycles. The average molecular weight is 299 g/mol. The van der Waals surface area contributed by atoms with Gasteiger partial charge in [-0.05, 0) is 25.5 Å². The van der Waals surface area contributed by atoms with Crippen molar-refractivity contribution in [3.05, 3.63) is 28.5 Å². The third-order valence-electron chi connectivity index (χ3n) is 2.76. The number of hydrogen-bond acceptors (Lipinski definition) is 4. The molecule has 0 N–H and O–H groups in total. The van der Waals surface area contributed by atoms with E-state index in [1.54, 1.807) is 20.0 Å². The Hall–Kier alpha value is -1.62. The molecule has 20 heavy (non-hydrogen) atoms. The first-order valence-electron chi connectivity index (χ1n) is 6.55. The Labute approximate surface area is 123 Å². The van der Waals surface area contributed by atoms with Crippen LogP contribution in [0.25, 0.3) is 0 Å². The first kappa shape index (κ1) is 16.4. The van der Waals surface area contributed by atoms with Crippen molar-refractivity contribution in [1.82, 2.24) is 9.88 Å². The molecule has 0 fully saturated rings. The van der Waals surface area contributed by atoms with Crippen LogP contribution in [0, 0.1) is 0 Å². The van der Waals surface area contributed by atoms with Crippen molar-refractivity contribution in [3.63, 3.8) is 0 Å². The van der Waals surface area contributed by atoms with Gasteiger partial charge in [-0.15, -0.1) is 0 Å². The van der Waals surface area contributed by atoms with Crippen LogP contribution in [0.2, 0.25) is 5.15 Å². The van der Waals surface area contributed by atoms with Crippen LogP contribution in [-0.4, -0.2) is 42.0 Å². The average Bonchev–Trinajstić information content (AvgIpc) is 2.43. The van der Waals surface area contributed by atoms with E-state index in [9.17, 15) is 9.59 Å². The lowest BCUT2D eigenvalue weighted by Crippen LogP contribution is -2.29. The Bertz CT molecular complexity index is 491. The zero-order chi connectivity index (χ0) is 15.1. The number of carbonyl (C=O) groups excluding carboxylic acids is 2. The molecule has 1 rings (SSSR count). The minimum atomic E-state index is -0.311. The standard InChI is InChI=1S/C14H19ClN2O3/c1-4-11-8-10(9-12(15)16-11)14(19)17(3)7-6-13(18)20-5-2/h8-9H,4-7H2,1-3H3. The molecule has 0 saturated heterocycles. The highest BCUT2D eigenvalue weighted by Crippen LogP contribution is 2.13. The molecule has 0 atom stereocenters. The first-order chi connectivity index (χ1) is 9.47. The van der Waals surface area contributed by atoms with Crippen LogP contribution in [0.5, 0.6) is 0 Å². The number of ether oxygens (including phenoxy) is 1. The number of hydrogen-bond donors (Lipinski definition) is 0. The predicted molar refractivity (Wildman–Crippen MR) is 76.8 cm³/mol. The molecule has 1 heterocycles. The molecule has 1 aromatic rings. The van der Waals surface area contributed by atoms with Crippen LogP contribution in [0.4, 0.5) is 0 Å². The van der Waals surface area contributed by atoms with E-state index in [4.69, 9.17) is 16.3 Å². The number of pyridine rings is 1. The summed E-state index contributed by atoms with van der Waals surface area (Å²) >= 11 is 5.89. The van der Waals surface area contributed by atoms with E-state index < -0.39 is 0 Å². The van der Waals surface area contributed by atoms with Gasteiger partial charge in [0.25, 0.3) is 5.91 Å². The van der Waals surface area contributed by atoms with E-state index in [2.05, 4.69) is 4.98 Å². The molecule has 0 unspecified atom stereocenters. The Morgan fingerprint density at radius 1 is 1.35 bits per heavy atom. The smallest absolute Gasteiger partial charge is 0.307 e. The van der Waals surface area contributed by atoms with Gasteiger partial charge < -0.3 is 9.64 Å². The summed E-state index contributed by atoms with van der Waals surface area (Å²) in [7, 11) is 1.64. The first-order valence-corrected chi connectivity index (χ1v) is 6.93. The zero-order valence-electron chi connectivity index (χ0n) is 12.0. The molecule has 1 aromatic heterocycles. The lowest BCUT2D eigenvalue weighted by molar-refractivity contribution is -0.143. The van der Waals surface area contributed by atoms with Crippen LogP contribution >= 0.6 is 11.6 Å². The van der Waals surface area contributed by atoms with Gasteiger partial charge in [0.15, 0.2) is 0 Å². The van der Waals surface area contributed by atoms with E-state index >= 15 is 0 Å². The van der Waals surface area contributed by atoms with Crippen molar-refractivity contribution in [2.75, 3.05) is 20.2 Å². The number of carbonyl (C=O) groups is 2. The maximum absolute atomic E-state index is 12.2. The summed E-state index contributed by atoms with van der Waals surface area (Å²) in [5, 5.41) is 0.298. The maximum Gasteiger partial charge on any atom is 0.307 e. The minimum absolute atomic E-state index is 0.176. The highest BCUT2D eigenvalue weighted by atomic mass is 35.5. The van der Waals surface area contributed by atoms with Gasteiger partial charge in [0.2, 0.25) is 0 Å². The Kier molecular flexibility index (Phi) is 6.45. The predicted octanol–water partition coefficient (Wildman–Crippen LogP) is 2.32. The highest BCUT2D eigenvalue weighted by molar-refractivity contribution is 6.29. The fourth-order valence-corrected chi connectivity index (χ4v) is 1.90. The molecule has 110 valence electrons. The quantitative estimate of drug-likeness (QED) is 0.597. The summed E-state index contributed by atoms with van der Waals surface area (Å²) in [5.41, 5.74) is 1.24. The summed E-state index contributed by atoms with van der Waals surface area (Å²) in [6.07, 6.45) is 0.878. The van der Waals surface area contributed by atoms with Gasteiger partial charge in [0.05, 0.1) is 13.0 Å². The lowest BCUT2D eigenvalue weighted by atomic mass is 10.2. The molecular formula is C14H19ClN2O3. The summed E-state index contributed by atoms with van der Waals surface area (Å²) in [6, 6.07) is 3.25. The number of esters is 1. The van der Waals surface area contributed by atoms with Crippen molar-refractivity contribution in [3.8, 4) is 0 Å². The number of aryl methyl sites for hydroxylation is 1. The maximum atomic E-state index is 12.2. The van der Waals surface area contributed by atoms with Gasteiger partial charge >= 0.3 is 5.97 Å². The van der Waals surface area contributed by atoms with Crippen molar-refractivity contribution in [2.24, 2.45) is 0 Å². The van der Waals surface area contributed by atoms with Crippen molar-refractivity contribution in [2.45, 2.75) is 26.7 Å². The second-order valence-corrected chi connectivity index (χ2v) is 4.69. The van der Waals surface area contributed by atoms with Crippen LogP contribution in [0.15, 0.2) is 12.1 Å². The van der Waals surface area contributed by atoms with Crippen molar-refractivity contribution < 1.29 is 14.3 Å². The summed E-state index contributed by atoms with van der Waals surface area (Å²) in [4.78, 5) is 29.1. The van der Waals surface area contributed by atoms with E-state index in [1.807, 2.05) is 6.92 Å². The van der Waals surface area contributed by atoms with E-state index in [1.165, 1.54) is 11.0 Å². The van der Waals surface area contributed by atoms with Crippen LogP contribution in [-0.2, 0) is 16.0 Å². The molecule has 0 saturated carbocycles. The molecule has 5 nitrogen and oxygen atoms in total. The van der Waals surface area contributed by atoms with Crippen molar-refractivity contribution >= 4 is 23.5 Å². The molecule has 1 amide bonds. The monoisotopic (exact) mass is 298 g/mol. The summed E-state index contributed by atoms with van der Waals surface area (Å²) < 4.78 is 4.83. The normalized spacial score (nSPS) is 10.2. The molecule has 0 aliphatic carbocycles. The van der Waals surface area contributed by atoms with E-state index in [-0.39, 0.29) is 18.3 Å². The molecule has 0 bridgehead atoms. The SMILES string of the molecule is CCOC(=O)CCN(C)C(=O)c1cc(Cl)nc(CC)c1. The van der Waals surface area contributed by atoms with Gasteiger partial charge in [0.1, 0.15) is 5.15 Å². The Balaban J connectivity index is 2.69. The topological polar surface area (TPSA) is 59.5 Å².